The van der Waals surface area contributed by atoms with Gasteiger partial charge in [-0.1, -0.05) is 56.0 Å². The first kappa shape index (κ1) is 20.4. The summed E-state index contributed by atoms with van der Waals surface area (Å²) in [5.41, 5.74) is 3.25. The van der Waals surface area contributed by atoms with E-state index in [0.29, 0.717) is 6.61 Å². The molecule has 1 saturated carbocycles. The predicted molar refractivity (Wildman–Crippen MR) is 113 cm³/mol. The Morgan fingerprint density at radius 3 is 2.18 bits per heavy atom. The Hall–Kier alpha value is -2.33. The first-order chi connectivity index (χ1) is 13.5. The van der Waals surface area contributed by atoms with E-state index in [4.69, 9.17) is 9.47 Å². The molecule has 3 rings (SSSR count). The molecule has 150 valence electrons. The molecule has 4 nitrogen and oxygen atoms in total. The third kappa shape index (κ3) is 4.74. The molecule has 0 bridgehead atoms. The predicted octanol–water partition coefficient (Wildman–Crippen LogP) is 5.56. The Bertz CT molecular complexity index is 770. The molecule has 0 heterocycles. The normalized spacial score (nSPS) is 16.2. The summed E-state index contributed by atoms with van der Waals surface area (Å²) in [6.07, 6.45) is 5.97. The van der Waals surface area contributed by atoms with Crippen molar-refractivity contribution in [2.24, 2.45) is 0 Å². The van der Waals surface area contributed by atoms with Crippen LogP contribution in [0.15, 0.2) is 42.5 Å². The van der Waals surface area contributed by atoms with Crippen LogP contribution in [-0.4, -0.2) is 18.6 Å². The van der Waals surface area contributed by atoms with Crippen LogP contribution in [0.2, 0.25) is 0 Å². The van der Waals surface area contributed by atoms with Crippen molar-refractivity contribution in [3.8, 4) is 5.75 Å². The number of amides is 1. The number of carbonyl (C=O) groups is 1. The van der Waals surface area contributed by atoms with Crippen LogP contribution >= 0.6 is 0 Å². The zero-order valence-corrected chi connectivity index (χ0v) is 17.2. The number of benzene rings is 2. The van der Waals surface area contributed by atoms with Crippen LogP contribution in [0.1, 0.15) is 55.2 Å². The molecule has 4 heteroatoms. The summed E-state index contributed by atoms with van der Waals surface area (Å²) >= 11 is 0. The summed E-state index contributed by atoms with van der Waals surface area (Å²) in [4.78, 5) is 13.0. The van der Waals surface area contributed by atoms with Crippen molar-refractivity contribution >= 4 is 11.6 Å². The zero-order valence-electron chi connectivity index (χ0n) is 17.2. The number of hydrogen-bond donors (Lipinski definition) is 1. The first-order valence-electron chi connectivity index (χ1n) is 10.2. The molecule has 0 aliphatic heterocycles. The molecular formula is C24H31NO3. The van der Waals surface area contributed by atoms with Crippen molar-refractivity contribution in [1.29, 1.82) is 0 Å². The lowest BCUT2D eigenvalue weighted by atomic mass is 9.93. The highest BCUT2D eigenvalue weighted by molar-refractivity contribution is 5.97. The van der Waals surface area contributed by atoms with Crippen LogP contribution in [0.5, 0.6) is 5.75 Å². The molecule has 0 spiro atoms. The van der Waals surface area contributed by atoms with E-state index in [1.54, 1.807) is 7.11 Å². The maximum atomic E-state index is 13.0. The number of methoxy groups -OCH3 is 1. The molecule has 1 N–H and O–H groups in total. The molecule has 0 aromatic heterocycles. The Balaban J connectivity index is 1.71. The molecule has 0 unspecified atom stereocenters. The van der Waals surface area contributed by atoms with E-state index in [-0.39, 0.29) is 5.91 Å². The molecule has 2 aromatic rings. The fourth-order valence-electron chi connectivity index (χ4n) is 4.05. The Kier molecular flexibility index (Phi) is 6.74. The quantitative estimate of drug-likeness (QED) is 0.666. The Morgan fingerprint density at radius 2 is 1.61 bits per heavy atom. The Labute approximate surface area is 168 Å². The molecule has 1 fully saturated rings. The second-order valence-electron chi connectivity index (χ2n) is 7.78. The van der Waals surface area contributed by atoms with Gasteiger partial charge in [0.25, 0.3) is 5.91 Å². The number of carbonyl (C=O) groups excluding carboxylic acids is 1. The lowest BCUT2D eigenvalue weighted by molar-refractivity contribution is -0.139. The van der Waals surface area contributed by atoms with Crippen molar-refractivity contribution in [2.75, 3.05) is 12.4 Å². The summed E-state index contributed by atoms with van der Waals surface area (Å²) in [5.74, 6) is 0.839. The molecule has 2 aromatic carbocycles. The maximum Gasteiger partial charge on any atom is 0.256 e. The number of nitrogens with one attached hydrogen (secondary N) is 1. The van der Waals surface area contributed by atoms with Gasteiger partial charge in [0.05, 0.1) is 0 Å². The van der Waals surface area contributed by atoms with Crippen LogP contribution in [0.25, 0.3) is 0 Å². The van der Waals surface area contributed by atoms with Crippen molar-refractivity contribution < 1.29 is 14.3 Å². The fourth-order valence-corrected chi connectivity index (χ4v) is 4.05. The van der Waals surface area contributed by atoms with E-state index < -0.39 is 5.60 Å². The van der Waals surface area contributed by atoms with Crippen molar-refractivity contribution in [2.45, 2.75) is 64.6 Å². The number of ether oxygens (including phenoxy) is 2. The van der Waals surface area contributed by atoms with Crippen LogP contribution in [0.4, 0.5) is 5.69 Å². The molecule has 0 saturated heterocycles. The third-order valence-corrected chi connectivity index (χ3v) is 5.66. The van der Waals surface area contributed by atoms with Gasteiger partial charge in [0.15, 0.2) is 0 Å². The minimum atomic E-state index is -0.708. The van der Waals surface area contributed by atoms with Crippen LogP contribution in [-0.2, 0) is 16.1 Å². The average Bonchev–Trinajstić information content (AvgIpc) is 2.95. The van der Waals surface area contributed by atoms with Gasteiger partial charge >= 0.3 is 0 Å². The lowest BCUT2D eigenvalue weighted by Crippen LogP contribution is -2.44. The molecule has 1 aliphatic carbocycles. The zero-order chi connectivity index (χ0) is 20.0. The lowest BCUT2D eigenvalue weighted by Gasteiger charge is -2.30. The van der Waals surface area contributed by atoms with Gasteiger partial charge in [0.2, 0.25) is 0 Å². The van der Waals surface area contributed by atoms with Gasteiger partial charge in [-0.05, 0) is 55.5 Å². The van der Waals surface area contributed by atoms with Crippen molar-refractivity contribution in [3.05, 3.63) is 59.2 Å². The summed E-state index contributed by atoms with van der Waals surface area (Å²) in [6.45, 7) is 4.56. The van der Waals surface area contributed by atoms with Crippen LogP contribution in [0.3, 0.4) is 0 Å². The molecule has 1 amide bonds. The van der Waals surface area contributed by atoms with Gasteiger partial charge in [-0.2, -0.15) is 0 Å². The number of aryl methyl sites for hydroxylation is 2. The minimum Gasteiger partial charge on any atom is -0.488 e. The van der Waals surface area contributed by atoms with Gasteiger partial charge in [0.1, 0.15) is 18.0 Å². The van der Waals surface area contributed by atoms with Gasteiger partial charge in [-0.3, -0.25) is 4.79 Å². The molecular weight excluding hydrogens is 350 g/mol. The van der Waals surface area contributed by atoms with Gasteiger partial charge in [-0.15, -0.1) is 0 Å². The van der Waals surface area contributed by atoms with E-state index in [9.17, 15) is 4.79 Å². The monoisotopic (exact) mass is 381 g/mol. The maximum absolute atomic E-state index is 13.0. The van der Waals surface area contributed by atoms with Crippen molar-refractivity contribution in [3.63, 3.8) is 0 Å². The third-order valence-electron chi connectivity index (χ3n) is 5.66. The molecule has 28 heavy (non-hydrogen) atoms. The molecule has 0 atom stereocenters. The molecule has 0 radical (unpaired) electrons. The summed E-state index contributed by atoms with van der Waals surface area (Å²) in [5, 5.41) is 3.09. The number of rotatable bonds is 6. The van der Waals surface area contributed by atoms with E-state index in [2.05, 4.69) is 17.4 Å². The number of anilines is 1. The highest BCUT2D eigenvalue weighted by atomic mass is 16.5. The summed E-state index contributed by atoms with van der Waals surface area (Å²) in [7, 11) is 1.65. The smallest absolute Gasteiger partial charge is 0.256 e. The highest BCUT2D eigenvalue weighted by Gasteiger charge is 2.38. The van der Waals surface area contributed by atoms with Crippen LogP contribution in [0, 0.1) is 13.8 Å². The second-order valence-corrected chi connectivity index (χ2v) is 7.78. The van der Waals surface area contributed by atoms with E-state index in [1.807, 2.05) is 44.2 Å². The van der Waals surface area contributed by atoms with Gasteiger partial charge in [-0.25, -0.2) is 0 Å². The topological polar surface area (TPSA) is 47.6 Å². The van der Waals surface area contributed by atoms with E-state index >= 15 is 0 Å². The number of hydrogen-bond acceptors (Lipinski definition) is 3. The van der Waals surface area contributed by atoms with Crippen molar-refractivity contribution in [1.82, 2.24) is 0 Å². The Morgan fingerprint density at radius 1 is 1.00 bits per heavy atom. The second kappa shape index (κ2) is 9.24. The van der Waals surface area contributed by atoms with E-state index in [0.717, 1.165) is 53.8 Å². The summed E-state index contributed by atoms with van der Waals surface area (Å²) < 4.78 is 11.8. The van der Waals surface area contributed by atoms with Gasteiger partial charge < -0.3 is 14.8 Å². The fraction of sp³-hybridized carbons (Fsp3) is 0.458. The first-order valence-corrected chi connectivity index (χ1v) is 10.2. The molecule has 1 aliphatic rings. The minimum absolute atomic E-state index is 0.0337. The van der Waals surface area contributed by atoms with Crippen LogP contribution < -0.4 is 10.1 Å². The highest BCUT2D eigenvalue weighted by Crippen LogP contribution is 2.33. The standard InChI is InChI=1S/C24H31NO3/c1-18-15-21(25-23(26)24(27-3)13-9-4-5-10-14-24)16-19(2)22(18)28-17-20-11-7-6-8-12-20/h6-8,11-12,15-16H,4-5,9-10,13-14,17H2,1-3H3,(H,25,26). The average molecular weight is 382 g/mol. The van der Waals surface area contributed by atoms with E-state index in [1.165, 1.54) is 12.8 Å². The largest absolute Gasteiger partial charge is 0.488 e. The van der Waals surface area contributed by atoms with Gasteiger partial charge in [0, 0.05) is 12.8 Å². The SMILES string of the molecule is COC1(C(=O)Nc2cc(C)c(OCc3ccccc3)c(C)c2)CCCCCC1. The summed E-state index contributed by atoms with van der Waals surface area (Å²) in [6, 6.07) is 14.1.